The molecule has 186 valence electrons. The van der Waals surface area contributed by atoms with Gasteiger partial charge in [0.25, 0.3) is 5.91 Å². The summed E-state index contributed by atoms with van der Waals surface area (Å²) in [6.45, 7) is 7.30. The van der Waals surface area contributed by atoms with Gasteiger partial charge in [0.05, 0.1) is 0 Å². The summed E-state index contributed by atoms with van der Waals surface area (Å²) in [6, 6.07) is 2.30. The van der Waals surface area contributed by atoms with Crippen LogP contribution in [0.15, 0.2) is 12.1 Å². The van der Waals surface area contributed by atoms with Crippen LogP contribution in [0.5, 0.6) is 5.88 Å². The van der Waals surface area contributed by atoms with Gasteiger partial charge in [0.1, 0.15) is 23.0 Å². The summed E-state index contributed by atoms with van der Waals surface area (Å²) in [4.78, 5) is 29.0. The first kappa shape index (κ1) is 26.1. The highest BCUT2D eigenvalue weighted by Crippen LogP contribution is 2.31. The lowest BCUT2D eigenvalue weighted by molar-refractivity contribution is 0.0996. The van der Waals surface area contributed by atoms with Gasteiger partial charge in [0, 0.05) is 43.3 Å². The molecule has 0 saturated carbocycles. The molecule has 9 nitrogen and oxygen atoms in total. The van der Waals surface area contributed by atoms with Crippen molar-refractivity contribution >= 4 is 40.1 Å². The number of rotatable bonds is 10. The molecule has 12 heteroatoms. The number of nitrogens with two attached hydrogens (primary N) is 1. The number of ether oxygens (including phenoxy) is 1. The molecule has 1 aromatic carbocycles. The third-order valence-corrected chi connectivity index (χ3v) is 6.76. The van der Waals surface area contributed by atoms with Crippen molar-refractivity contribution in [2.75, 3.05) is 51.6 Å². The van der Waals surface area contributed by atoms with E-state index in [0.29, 0.717) is 17.1 Å². The Morgan fingerprint density at radius 3 is 2.71 bits per heavy atom. The van der Waals surface area contributed by atoms with Gasteiger partial charge in [0.15, 0.2) is 0 Å². The number of hydrogen-bond donors (Lipinski definition) is 3. The number of hydrogen-bond acceptors (Lipinski definition) is 7. The van der Waals surface area contributed by atoms with Crippen LogP contribution >= 0.6 is 23.1 Å². The molecular weight excluding hydrogens is 483 g/mol. The van der Waals surface area contributed by atoms with E-state index in [0.717, 1.165) is 57.1 Å². The zero-order valence-electron chi connectivity index (χ0n) is 19.3. The molecule has 3 rings (SSSR count). The minimum Gasteiger partial charge on any atom is -0.471 e. The molecular formula is C22H30ClFN6O3S. The number of aromatic nitrogens is 1. The Morgan fingerprint density at radius 2 is 2.00 bits per heavy atom. The highest BCUT2D eigenvalue weighted by molar-refractivity contribution is 7.11. The molecule has 1 aliphatic rings. The second-order valence-corrected chi connectivity index (χ2v) is 9.45. The molecule has 0 unspecified atom stereocenters. The topological polar surface area (TPSA) is 113 Å². The molecule has 0 radical (unpaired) electrons. The maximum Gasteiger partial charge on any atom is 0.319 e. The zero-order valence-corrected chi connectivity index (χ0v) is 20.9. The lowest BCUT2D eigenvalue weighted by Gasteiger charge is -2.32. The van der Waals surface area contributed by atoms with E-state index in [9.17, 15) is 14.0 Å². The Bertz CT molecular complexity index is 1010. The molecule has 1 aromatic heterocycles. The number of carbonyl (C=O) groups is 2. The van der Waals surface area contributed by atoms with Gasteiger partial charge in [0.2, 0.25) is 5.88 Å². The summed E-state index contributed by atoms with van der Waals surface area (Å²) >= 11 is 6.91. The Kier molecular flexibility index (Phi) is 9.45. The quantitative estimate of drug-likeness (QED) is 0.422. The average molecular weight is 513 g/mol. The lowest BCUT2D eigenvalue weighted by atomic mass is 10.1. The highest BCUT2D eigenvalue weighted by Gasteiger charge is 2.22. The lowest BCUT2D eigenvalue weighted by Crippen LogP contribution is -2.44. The molecule has 1 saturated heterocycles. The van der Waals surface area contributed by atoms with Crippen LogP contribution < -0.4 is 21.1 Å². The Morgan fingerprint density at radius 1 is 1.26 bits per heavy atom. The minimum atomic E-state index is -0.811. The van der Waals surface area contributed by atoms with Gasteiger partial charge in [-0.15, -0.1) is 0 Å². The highest BCUT2D eigenvalue weighted by atomic mass is 35.5. The number of nitrogens with zero attached hydrogens (tertiary/aromatic N) is 3. The molecule has 0 aliphatic carbocycles. The van der Waals surface area contributed by atoms with Gasteiger partial charge in [-0.3, -0.25) is 10.1 Å². The Balaban J connectivity index is 1.47. The molecule has 34 heavy (non-hydrogen) atoms. The standard InChI is InChI=1S/C22H30ClFN6O3S/c1-14-11-17(24)15(12-16(14)23)13-33-20-18(19(25)31)21(34-28-20)27-22(32)26-5-3-4-6-30-9-7-29(2)8-10-30/h11-12H,3-10,13H2,1-2H3,(H2,25,31)(H2,26,27,32). The van der Waals surface area contributed by atoms with E-state index in [1.807, 2.05) is 0 Å². The average Bonchev–Trinajstić information content (AvgIpc) is 3.19. The number of likely N-dealkylation sites (N-methyl/N-ethyl adjacent to an activating group) is 1. The second kappa shape index (κ2) is 12.3. The minimum absolute atomic E-state index is 0.0613. The normalized spacial score (nSPS) is 14.7. The van der Waals surface area contributed by atoms with Crippen molar-refractivity contribution in [1.29, 1.82) is 0 Å². The van der Waals surface area contributed by atoms with Gasteiger partial charge in [-0.25, -0.2) is 9.18 Å². The van der Waals surface area contributed by atoms with Crippen molar-refractivity contribution in [2.24, 2.45) is 5.73 Å². The number of nitrogens with one attached hydrogen (secondary N) is 2. The molecule has 0 bridgehead atoms. The number of benzene rings is 1. The van der Waals surface area contributed by atoms with Crippen molar-refractivity contribution in [3.63, 3.8) is 0 Å². The number of halogens is 2. The molecule has 0 spiro atoms. The number of urea groups is 1. The van der Waals surface area contributed by atoms with Gasteiger partial charge in [-0.1, -0.05) is 11.6 Å². The number of unbranched alkanes of at least 4 members (excludes halogenated alkanes) is 1. The molecule has 1 aliphatic heterocycles. The van der Waals surface area contributed by atoms with Crippen molar-refractivity contribution < 1.29 is 18.7 Å². The van der Waals surface area contributed by atoms with Crippen LogP contribution in [0.1, 0.15) is 34.3 Å². The molecule has 3 amide bonds. The fourth-order valence-corrected chi connectivity index (χ4v) is 4.42. The Labute approximate surface area is 207 Å². The van der Waals surface area contributed by atoms with Crippen LogP contribution in [0.2, 0.25) is 5.02 Å². The number of piperazine rings is 1. The van der Waals surface area contributed by atoms with Crippen molar-refractivity contribution in [3.8, 4) is 5.88 Å². The number of aryl methyl sites for hydroxylation is 1. The summed E-state index contributed by atoms with van der Waals surface area (Å²) in [5.74, 6) is -1.37. The van der Waals surface area contributed by atoms with Gasteiger partial charge >= 0.3 is 6.03 Å². The predicted octanol–water partition coefficient (Wildman–Crippen LogP) is 3.07. The van der Waals surface area contributed by atoms with Crippen LogP contribution in [0.4, 0.5) is 14.2 Å². The smallest absolute Gasteiger partial charge is 0.319 e. The van der Waals surface area contributed by atoms with Gasteiger partial charge in [-0.2, -0.15) is 4.37 Å². The van der Waals surface area contributed by atoms with Crippen molar-refractivity contribution in [3.05, 3.63) is 39.7 Å². The maximum atomic E-state index is 14.1. The van der Waals surface area contributed by atoms with E-state index >= 15 is 0 Å². The van der Waals surface area contributed by atoms with Crippen molar-refractivity contribution in [2.45, 2.75) is 26.4 Å². The van der Waals surface area contributed by atoms with Gasteiger partial charge in [-0.05, 0) is 62.6 Å². The summed E-state index contributed by atoms with van der Waals surface area (Å²) in [5.41, 5.74) is 6.22. The molecule has 2 heterocycles. The molecule has 2 aromatic rings. The predicted molar refractivity (Wildman–Crippen MR) is 131 cm³/mol. The van der Waals surface area contributed by atoms with Crippen LogP contribution in [0.25, 0.3) is 0 Å². The number of amides is 3. The zero-order chi connectivity index (χ0) is 24.7. The first-order valence-corrected chi connectivity index (χ1v) is 12.2. The van der Waals surface area contributed by atoms with Crippen molar-refractivity contribution in [1.82, 2.24) is 19.5 Å². The fourth-order valence-electron chi connectivity index (χ4n) is 3.50. The summed E-state index contributed by atoms with van der Waals surface area (Å²) in [7, 11) is 2.13. The van der Waals surface area contributed by atoms with Crippen LogP contribution in [0, 0.1) is 12.7 Å². The number of carbonyl (C=O) groups excluding carboxylic acids is 2. The molecule has 1 fully saturated rings. The maximum absolute atomic E-state index is 14.1. The van der Waals surface area contributed by atoms with Gasteiger partial charge < -0.3 is 25.6 Å². The van der Waals surface area contributed by atoms with E-state index in [1.165, 1.54) is 12.1 Å². The molecule has 4 N–H and O–H groups in total. The summed E-state index contributed by atoms with van der Waals surface area (Å²) in [6.07, 6.45) is 1.82. The van der Waals surface area contributed by atoms with E-state index in [1.54, 1.807) is 6.92 Å². The van der Waals surface area contributed by atoms with E-state index in [2.05, 4.69) is 31.9 Å². The number of anilines is 1. The monoisotopic (exact) mass is 512 g/mol. The second-order valence-electron chi connectivity index (χ2n) is 8.27. The van der Waals surface area contributed by atoms with Crippen LogP contribution in [-0.4, -0.2) is 72.4 Å². The van der Waals surface area contributed by atoms with Crippen LogP contribution in [0.3, 0.4) is 0 Å². The Hall–Kier alpha value is -2.47. The summed E-state index contributed by atoms with van der Waals surface area (Å²) < 4.78 is 23.7. The van der Waals surface area contributed by atoms with E-state index in [-0.39, 0.29) is 28.6 Å². The fraction of sp³-hybridized carbons (Fsp3) is 0.500. The largest absolute Gasteiger partial charge is 0.471 e. The van der Waals surface area contributed by atoms with Crippen LogP contribution in [-0.2, 0) is 6.61 Å². The summed E-state index contributed by atoms with van der Waals surface area (Å²) in [5, 5.41) is 5.94. The van der Waals surface area contributed by atoms with E-state index in [4.69, 9.17) is 22.1 Å². The first-order valence-electron chi connectivity index (χ1n) is 11.1. The van der Waals surface area contributed by atoms with E-state index < -0.39 is 17.8 Å². The third-order valence-electron chi connectivity index (χ3n) is 5.61. The number of primary amides is 1. The molecule has 0 atom stereocenters. The first-order chi connectivity index (χ1) is 16.2. The SMILES string of the molecule is Cc1cc(F)c(COc2nsc(NC(=O)NCCCCN3CCN(C)CC3)c2C(N)=O)cc1Cl. The third kappa shape index (κ3) is 7.26.